The van der Waals surface area contributed by atoms with E-state index in [2.05, 4.69) is 10.5 Å². The molecule has 1 aliphatic rings. The number of amides is 1. The van der Waals surface area contributed by atoms with Crippen LogP contribution >= 0.6 is 23.4 Å². The van der Waals surface area contributed by atoms with Crippen LogP contribution in [0.25, 0.3) is 0 Å². The number of nitrogens with one attached hydrogen (secondary N) is 1. The molecule has 1 aromatic carbocycles. The third-order valence-electron chi connectivity index (χ3n) is 3.60. The van der Waals surface area contributed by atoms with E-state index in [1.54, 1.807) is 0 Å². The monoisotopic (exact) mass is 338 g/mol. The van der Waals surface area contributed by atoms with Crippen molar-refractivity contribution in [2.75, 3.05) is 0 Å². The van der Waals surface area contributed by atoms with Crippen LogP contribution in [0.1, 0.15) is 43.4 Å². The molecule has 0 saturated heterocycles. The van der Waals surface area contributed by atoms with E-state index in [9.17, 15) is 9.59 Å². The molecule has 1 aliphatic heterocycles. The number of thioether (sulfide) groups is 1. The SMILES string of the molecule is CCCC(=O)Cc1cc(C2=NNC(=O)SC2C)cc(Cl)c1C. The Kier molecular flexibility index (Phi) is 5.64. The van der Waals surface area contributed by atoms with E-state index in [4.69, 9.17) is 11.6 Å². The molecule has 1 unspecified atom stereocenters. The molecular weight excluding hydrogens is 320 g/mol. The maximum absolute atomic E-state index is 11.9. The van der Waals surface area contributed by atoms with Crippen molar-refractivity contribution in [3.63, 3.8) is 0 Å². The van der Waals surface area contributed by atoms with Crippen LogP contribution in [0.5, 0.6) is 0 Å². The zero-order valence-corrected chi connectivity index (χ0v) is 14.5. The van der Waals surface area contributed by atoms with E-state index in [1.165, 1.54) is 11.8 Å². The first-order valence-electron chi connectivity index (χ1n) is 7.27. The Hall–Kier alpha value is -1.33. The Morgan fingerprint density at radius 1 is 1.45 bits per heavy atom. The largest absolute Gasteiger partial charge is 0.299 e. The Bertz CT molecular complexity index is 643. The molecule has 2 rings (SSSR count). The molecule has 1 aromatic rings. The summed E-state index contributed by atoms with van der Waals surface area (Å²) in [6.45, 7) is 5.84. The highest BCUT2D eigenvalue weighted by atomic mass is 35.5. The van der Waals surface area contributed by atoms with Crippen LogP contribution in [0.3, 0.4) is 0 Å². The van der Waals surface area contributed by atoms with E-state index in [-0.39, 0.29) is 16.3 Å². The Morgan fingerprint density at radius 2 is 2.18 bits per heavy atom. The lowest BCUT2D eigenvalue weighted by atomic mass is 9.96. The van der Waals surface area contributed by atoms with E-state index >= 15 is 0 Å². The molecule has 1 atom stereocenters. The second kappa shape index (κ2) is 7.29. The van der Waals surface area contributed by atoms with E-state index in [1.807, 2.05) is 32.9 Å². The number of nitrogens with zero attached hydrogens (tertiary/aromatic N) is 1. The number of rotatable bonds is 5. The smallest absolute Gasteiger partial charge is 0.299 e. The quantitative estimate of drug-likeness (QED) is 0.878. The number of hydrogen-bond donors (Lipinski definition) is 1. The fourth-order valence-corrected chi connectivity index (χ4v) is 3.34. The van der Waals surface area contributed by atoms with Crippen LogP contribution in [-0.4, -0.2) is 22.0 Å². The Balaban J connectivity index is 2.36. The summed E-state index contributed by atoms with van der Waals surface area (Å²) in [6, 6.07) is 3.81. The molecular formula is C16H19ClN2O2S. The maximum Gasteiger partial charge on any atom is 0.299 e. The first kappa shape index (κ1) is 17.0. The van der Waals surface area contributed by atoms with Crippen molar-refractivity contribution in [3.8, 4) is 0 Å². The van der Waals surface area contributed by atoms with Crippen LogP contribution in [0.15, 0.2) is 17.2 Å². The summed E-state index contributed by atoms with van der Waals surface area (Å²) in [5, 5.41) is 4.55. The number of Topliss-reactive ketones (excluding diaryl/α,β-unsaturated/α-hetero) is 1. The van der Waals surface area contributed by atoms with Crippen molar-refractivity contribution in [1.29, 1.82) is 0 Å². The molecule has 4 nitrogen and oxygen atoms in total. The number of carbonyl (C=O) groups is 2. The lowest BCUT2D eigenvalue weighted by Crippen LogP contribution is -2.30. The molecule has 1 amide bonds. The standard InChI is InChI=1S/C16H19ClN2O2S/c1-4-5-13(20)7-11-6-12(8-14(17)9(11)2)15-10(3)22-16(21)19-18-15/h6,8,10H,4-5,7H2,1-3H3,(H,19,21). The van der Waals surface area contributed by atoms with Gasteiger partial charge in [-0.15, -0.1) is 0 Å². The fourth-order valence-electron chi connectivity index (χ4n) is 2.39. The lowest BCUT2D eigenvalue weighted by molar-refractivity contribution is -0.118. The van der Waals surface area contributed by atoms with Gasteiger partial charge in [-0.2, -0.15) is 5.10 Å². The molecule has 1 heterocycles. The third-order valence-corrected chi connectivity index (χ3v) is 4.88. The number of halogens is 1. The van der Waals surface area contributed by atoms with E-state index in [0.717, 1.165) is 28.8 Å². The summed E-state index contributed by atoms with van der Waals surface area (Å²) >= 11 is 7.51. The molecule has 0 spiro atoms. The predicted molar refractivity (Wildman–Crippen MR) is 91.9 cm³/mol. The van der Waals surface area contributed by atoms with E-state index in [0.29, 0.717) is 17.9 Å². The van der Waals surface area contributed by atoms with Gasteiger partial charge in [0.1, 0.15) is 5.78 Å². The summed E-state index contributed by atoms with van der Waals surface area (Å²) in [5.74, 6) is 0.208. The molecule has 118 valence electrons. The average Bonchev–Trinajstić information content (AvgIpc) is 2.44. The Morgan fingerprint density at radius 3 is 2.82 bits per heavy atom. The van der Waals surface area contributed by atoms with Crippen molar-refractivity contribution in [1.82, 2.24) is 5.43 Å². The van der Waals surface area contributed by atoms with Gasteiger partial charge in [0.15, 0.2) is 0 Å². The summed E-state index contributed by atoms with van der Waals surface area (Å²) in [5.41, 5.74) is 5.96. The number of ketones is 1. The first-order chi connectivity index (χ1) is 10.4. The molecule has 0 fully saturated rings. The molecule has 22 heavy (non-hydrogen) atoms. The summed E-state index contributed by atoms with van der Waals surface area (Å²) in [4.78, 5) is 23.3. The highest BCUT2D eigenvalue weighted by Gasteiger charge is 2.23. The summed E-state index contributed by atoms with van der Waals surface area (Å²) < 4.78 is 0. The predicted octanol–water partition coefficient (Wildman–Crippen LogP) is 4.11. The van der Waals surface area contributed by atoms with Crippen LogP contribution in [0, 0.1) is 6.92 Å². The zero-order valence-electron chi connectivity index (χ0n) is 12.9. The molecule has 6 heteroatoms. The molecule has 0 saturated carbocycles. The minimum Gasteiger partial charge on any atom is -0.299 e. The number of hydrazone groups is 1. The van der Waals surface area contributed by atoms with Gasteiger partial charge in [-0.3, -0.25) is 9.59 Å². The second-order valence-corrected chi connectivity index (χ2v) is 7.08. The molecule has 1 N–H and O–H groups in total. The van der Waals surface area contributed by atoms with Crippen molar-refractivity contribution in [2.24, 2.45) is 5.10 Å². The highest BCUT2D eigenvalue weighted by molar-refractivity contribution is 8.14. The van der Waals surface area contributed by atoms with Crippen molar-refractivity contribution in [2.45, 2.75) is 45.3 Å². The van der Waals surface area contributed by atoms with Gasteiger partial charge in [0.05, 0.1) is 11.0 Å². The average molecular weight is 339 g/mol. The van der Waals surface area contributed by atoms with Crippen LogP contribution < -0.4 is 5.43 Å². The van der Waals surface area contributed by atoms with Gasteiger partial charge in [0, 0.05) is 23.4 Å². The molecule has 0 aromatic heterocycles. The van der Waals surface area contributed by atoms with Gasteiger partial charge in [0.25, 0.3) is 5.24 Å². The van der Waals surface area contributed by atoms with Crippen molar-refractivity contribution >= 4 is 40.1 Å². The molecule has 0 bridgehead atoms. The van der Waals surface area contributed by atoms with Gasteiger partial charge in [-0.05, 0) is 43.5 Å². The van der Waals surface area contributed by atoms with Gasteiger partial charge in [-0.1, -0.05) is 30.3 Å². The molecule has 0 aliphatic carbocycles. The summed E-state index contributed by atoms with van der Waals surface area (Å²) in [6.07, 6.45) is 1.80. The zero-order chi connectivity index (χ0) is 16.3. The highest BCUT2D eigenvalue weighted by Crippen LogP contribution is 2.27. The van der Waals surface area contributed by atoms with Crippen molar-refractivity contribution in [3.05, 3.63) is 33.8 Å². The van der Waals surface area contributed by atoms with Gasteiger partial charge < -0.3 is 0 Å². The van der Waals surface area contributed by atoms with Crippen LogP contribution in [0.2, 0.25) is 5.02 Å². The van der Waals surface area contributed by atoms with Crippen molar-refractivity contribution < 1.29 is 9.59 Å². The fraction of sp³-hybridized carbons (Fsp3) is 0.438. The minimum absolute atomic E-state index is 0.0493. The minimum atomic E-state index is -0.159. The number of hydrogen-bond acceptors (Lipinski definition) is 4. The maximum atomic E-state index is 11.9. The van der Waals surface area contributed by atoms with E-state index < -0.39 is 0 Å². The van der Waals surface area contributed by atoms with Crippen LogP contribution in [0.4, 0.5) is 4.79 Å². The van der Waals surface area contributed by atoms with Gasteiger partial charge in [0.2, 0.25) is 0 Å². The third kappa shape index (κ3) is 3.90. The summed E-state index contributed by atoms with van der Waals surface area (Å²) in [7, 11) is 0. The van der Waals surface area contributed by atoms with Gasteiger partial charge >= 0.3 is 0 Å². The normalized spacial score (nSPS) is 17.9. The first-order valence-corrected chi connectivity index (χ1v) is 8.53. The van der Waals surface area contributed by atoms with Crippen LogP contribution in [-0.2, 0) is 11.2 Å². The van der Waals surface area contributed by atoms with Gasteiger partial charge in [-0.25, -0.2) is 5.43 Å². The molecule has 0 radical (unpaired) electrons. The topological polar surface area (TPSA) is 58.5 Å². The number of carbonyl (C=O) groups excluding carboxylic acids is 2. The number of benzene rings is 1. The Labute approximate surface area is 139 Å². The second-order valence-electron chi connectivity index (χ2n) is 5.36. The lowest BCUT2D eigenvalue weighted by Gasteiger charge is -2.20.